The first-order chi connectivity index (χ1) is 11.9. The first-order valence-electron chi connectivity index (χ1n) is 8.41. The summed E-state index contributed by atoms with van der Waals surface area (Å²) >= 11 is 1.74. The van der Waals surface area contributed by atoms with Gasteiger partial charge in [0.15, 0.2) is 10.9 Å². The van der Waals surface area contributed by atoms with E-state index in [0.29, 0.717) is 5.92 Å². The Kier molecular flexibility index (Phi) is 3.33. The summed E-state index contributed by atoms with van der Waals surface area (Å²) in [6.45, 7) is 3.82. The highest BCUT2D eigenvalue weighted by atomic mass is 32.1. The highest BCUT2D eigenvalue weighted by molar-refractivity contribution is 7.22. The molecule has 0 radical (unpaired) electrons. The van der Waals surface area contributed by atoms with E-state index >= 15 is 0 Å². The van der Waals surface area contributed by atoms with Gasteiger partial charge < -0.3 is 9.80 Å². The summed E-state index contributed by atoms with van der Waals surface area (Å²) in [4.78, 5) is 13.5. The van der Waals surface area contributed by atoms with E-state index in [1.54, 1.807) is 11.3 Å². The molecule has 0 atom stereocenters. The predicted octanol–water partition coefficient (Wildman–Crippen LogP) is 2.69. The van der Waals surface area contributed by atoms with Crippen LogP contribution >= 0.6 is 11.3 Å². The van der Waals surface area contributed by atoms with Crippen LogP contribution in [0.3, 0.4) is 0 Å². The zero-order valence-electron chi connectivity index (χ0n) is 13.3. The number of rotatable bonds is 3. The van der Waals surface area contributed by atoms with Gasteiger partial charge in [-0.3, -0.25) is 4.98 Å². The lowest BCUT2D eigenvalue weighted by Crippen LogP contribution is -2.46. The fourth-order valence-corrected chi connectivity index (χ4v) is 4.12. The first kappa shape index (κ1) is 14.1. The molecule has 122 valence electrons. The van der Waals surface area contributed by atoms with Crippen molar-refractivity contribution in [3.63, 3.8) is 0 Å². The molecule has 7 heteroatoms. The second-order valence-corrected chi connectivity index (χ2v) is 7.41. The molecule has 2 aliphatic rings. The molecule has 1 saturated heterocycles. The maximum absolute atomic E-state index is 4.71. The van der Waals surface area contributed by atoms with Gasteiger partial charge in [-0.15, -0.1) is 5.10 Å². The smallest absolute Gasteiger partial charge is 0.186 e. The molecule has 3 aromatic heterocycles. The van der Waals surface area contributed by atoms with Gasteiger partial charge in [-0.2, -0.15) is 5.10 Å². The topological polar surface area (TPSA) is 58.0 Å². The molecule has 0 unspecified atom stereocenters. The van der Waals surface area contributed by atoms with E-state index in [2.05, 4.69) is 37.1 Å². The van der Waals surface area contributed by atoms with Gasteiger partial charge >= 0.3 is 0 Å². The molecule has 2 fully saturated rings. The number of nitrogens with zero attached hydrogens (tertiary/aromatic N) is 6. The van der Waals surface area contributed by atoms with E-state index in [4.69, 9.17) is 4.98 Å². The quantitative estimate of drug-likeness (QED) is 0.732. The van der Waals surface area contributed by atoms with Crippen LogP contribution in [0.25, 0.3) is 10.2 Å². The highest BCUT2D eigenvalue weighted by Crippen LogP contribution is 2.38. The first-order valence-corrected chi connectivity index (χ1v) is 9.22. The SMILES string of the molecule is c1cc2sc(N3CCN(c4ccc(C5CC5)nn4)CC3)nc2cn1. The fraction of sp³-hybridized carbons (Fsp3) is 0.412. The maximum Gasteiger partial charge on any atom is 0.186 e. The average Bonchev–Trinajstić information content (AvgIpc) is 3.40. The van der Waals surface area contributed by atoms with Gasteiger partial charge in [-0.1, -0.05) is 11.3 Å². The summed E-state index contributed by atoms with van der Waals surface area (Å²) in [6.07, 6.45) is 6.20. The summed E-state index contributed by atoms with van der Waals surface area (Å²) in [5, 5.41) is 9.92. The standard InChI is InChI=1S/C17H18N6S/c1-2-12(1)13-3-4-16(21-20-13)22-7-9-23(10-8-22)17-19-14-11-18-6-5-15(14)24-17/h3-6,11-12H,1-2,7-10H2. The van der Waals surface area contributed by atoms with Crippen LogP contribution in [-0.4, -0.2) is 46.3 Å². The largest absolute Gasteiger partial charge is 0.352 e. The Hall–Kier alpha value is -2.28. The van der Waals surface area contributed by atoms with Gasteiger partial charge in [0, 0.05) is 38.3 Å². The molecule has 0 amide bonds. The molecule has 24 heavy (non-hydrogen) atoms. The van der Waals surface area contributed by atoms with E-state index < -0.39 is 0 Å². The van der Waals surface area contributed by atoms with Crippen molar-refractivity contribution in [1.29, 1.82) is 0 Å². The molecular weight excluding hydrogens is 320 g/mol. The second kappa shape index (κ2) is 5.66. The summed E-state index contributed by atoms with van der Waals surface area (Å²) in [7, 11) is 0. The number of hydrogen-bond donors (Lipinski definition) is 0. The normalized spacial score (nSPS) is 18.3. The molecule has 0 N–H and O–H groups in total. The Morgan fingerprint density at radius 1 is 0.958 bits per heavy atom. The number of fused-ring (bicyclic) bond motifs is 1. The van der Waals surface area contributed by atoms with E-state index in [1.165, 1.54) is 17.5 Å². The third kappa shape index (κ3) is 2.58. The molecule has 4 heterocycles. The zero-order valence-corrected chi connectivity index (χ0v) is 14.1. The minimum absolute atomic E-state index is 0.664. The van der Waals surface area contributed by atoms with Gasteiger partial charge in [-0.05, 0) is 31.0 Å². The van der Waals surface area contributed by atoms with Crippen molar-refractivity contribution < 1.29 is 0 Å². The van der Waals surface area contributed by atoms with Crippen LogP contribution in [0, 0.1) is 0 Å². The van der Waals surface area contributed by atoms with Crippen LogP contribution in [0.15, 0.2) is 30.6 Å². The monoisotopic (exact) mass is 338 g/mol. The van der Waals surface area contributed by atoms with E-state index in [-0.39, 0.29) is 0 Å². The maximum atomic E-state index is 4.71. The average molecular weight is 338 g/mol. The van der Waals surface area contributed by atoms with E-state index in [1.807, 2.05) is 18.5 Å². The van der Waals surface area contributed by atoms with Crippen molar-refractivity contribution in [3.05, 3.63) is 36.3 Å². The molecule has 3 aromatic rings. The highest BCUT2D eigenvalue weighted by Gasteiger charge is 2.26. The van der Waals surface area contributed by atoms with Crippen LogP contribution in [0.2, 0.25) is 0 Å². The number of aromatic nitrogens is 4. The number of anilines is 2. The van der Waals surface area contributed by atoms with Crippen LogP contribution in [0.1, 0.15) is 24.5 Å². The Labute approximate surface area is 144 Å². The van der Waals surface area contributed by atoms with Gasteiger partial charge in [0.1, 0.15) is 5.52 Å². The Bertz CT molecular complexity index is 816. The third-order valence-corrected chi connectivity index (χ3v) is 5.82. The molecule has 6 nitrogen and oxygen atoms in total. The molecule has 1 saturated carbocycles. The molecule has 1 aliphatic heterocycles. The minimum Gasteiger partial charge on any atom is -0.352 e. The van der Waals surface area contributed by atoms with Crippen molar-refractivity contribution >= 4 is 32.5 Å². The Balaban J connectivity index is 1.28. The lowest BCUT2D eigenvalue weighted by Gasteiger charge is -2.35. The van der Waals surface area contributed by atoms with Crippen molar-refractivity contribution in [2.24, 2.45) is 0 Å². The zero-order chi connectivity index (χ0) is 15.9. The lowest BCUT2D eigenvalue weighted by molar-refractivity contribution is 0.641. The summed E-state index contributed by atoms with van der Waals surface area (Å²) in [6, 6.07) is 6.30. The van der Waals surface area contributed by atoms with Crippen LogP contribution < -0.4 is 9.80 Å². The third-order valence-electron chi connectivity index (χ3n) is 4.72. The molecular formula is C17H18N6S. The number of hydrogen-bond acceptors (Lipinski definition) is 7. The lowest BCUT2D eigenvalue weighted by atomic mass is 10.2. The number of piperazine rings is 1. The van der Waals surface area contributed by atoms with Gasteiger partial charge in [0.25, 0.3) is 0 Å². The molecule has 1 aliphatic carbocycles. The van der Waals surface area contributed by atoms with E-state index in [9.17, 15) is 0 Å². The summed E-state index contributed by atoms with van der Waals surface area (Å²) < 4.78 is 1.20. The summed E-state index contributed by atoms with van der Waals surface area (Å²) in [5.41, 5.74) is 2.14. The summed E-state index contributed by atoms with van der Waals surface area (Å²) in [5.74, 6) is 1.66. The van der Waals surface area contributed by atoms with Crippen molar-refractivity contribution in [3.8, 4) is 0 Å². The Morgan fingerprint density at radius 3 is 2.50 bits per heavy atom. The van der Waals surface area contributed by atoms with Crippen molar-refractivity contribution in [1.82, 2.24) is 20.2 Å². The van der Waals surface area contributed by atoms with Crippen LogP contribution in [0.4, 0.5) is 10.9 Å². The Morgan fingerprint density at radius 2 is 1.79 bits per heavy atom. The fourth-order valence-electron chi connectivity index (χ4n) is 3.13. The second-order valence-electron chi connectivity index (χ2n) is 6.40. The van der Waals surface area contributed by atoms with Gasteiger partial charge in [0.2, 0.25) is 0 Å². The predicted molar refractivity (Wildman–Crippen MR) is 95.8 cm³/mol. The molecule has 0 spiro atoms. The molecule has 5 rings (SSSR count). The van der Waals surface area contributed by atoms with Gasteiger partial charge in [0.05, 0.1) is 16.6 Å². The van der Waals surface area contributed by atoms with Gasteiger partial charge in [-0.25, -0.2) is 4.98 Å². The van der Waals surface area contributed by atoms with E-state index in [0.717, 1.165) is 48.3 Å². The van der Waals surface area contributed by atoms with Crippen molar-refractivity contribution in [2.75, 3.05) is 36.0 Å². The van der Waals surface area contributed by atoms with Crippen molar-refractivity contribution in [2.45, 2.75) is 18.8 Å². The number of pyridine rings is 1. The van der Waals surface area contributed by atoms with Crippen LogP contribution in [0.5, 0.6) is 0 Å². The minimum atomic E-state index is 0.664. The number of thiazole rings is 1. The molecule has 0 aromatic carbocycles. The molecule has 0 bridgehead atoms. The van der Waals surface area contributed by atoms with Crippen LogP contribution in [-0.2, 0) is 0 Å².